The lowest BCUT2D eigenvalue weighted by atomic mass is 10.1. The van der Waals surface area contributed by atoms with Gasteiger partial charge in [-0.25, -0.2) is 0 Å². The van der Waals surface area contributed by atoms with Gasteiger partial charge in [0.25, 0.3) is 0 Å². The van der Waals surface area contributed by atoms with Crippen molar-refractivity contribution in [1.29, 1.82) is 0 Å². The molecule has 3 nitrogen and oxygen atoms in total. The Bertz CT molecular complexity index is 411. The molecule has 0 fully saturated rings. The molecule has 1 heterocycles. The molecule has 106 valence electrons. The first-order valence-corrected chi connectivity index (χ1v) is 7.94. The normalized spacial score (nSPS) is 17.0. The summed E-state index contributed by atoms with van der Waals surface area (Å²) in [4.78, 5) is 1.21. The van der Waals surface area contributed by atoms with Crippen LogP contribution in [0.3, 0.4) is 0 Å². The quantitative estimate of drug-likeness (QED) is 0.811. The predicted octanol–water partition coefficient (Wildman–Crippen LogP) is 3.46. The number of thioether (sulfide) groups is 1. The van der Waals surface area contributed by atoms with Gasteiger partial charge < -0.3 is 15.2 Å². The summed E-state index contributed by atoms with van der Waals surface area (Å²) in [6.45, 7) is 5.65. The summed E-state index contributed by atoms with van der Waals surface area (Å²) < 4.78 is 11.2. The van der Waals surface area contributed by atoms with Crippen LogP contribution in [0.15, 0.2) is 23.1 Å². The molecule has 0 amide bonds. The second kappa shape index (κ2) is 7.06. The lowest BCUT2D eigenvalue weighted by Crippen LogP contribution is -2.31. The van der Waals surface area contributed by atoms with Gasteiger partial charge in [0.1, 0.15) is 13.2 Å². The first kappa shape index (κ1) is 14.5. The molecule has 0 aliphatic carbocycles. The summed E-state index contributed by atoms with van der Waals surface area (Å²) in [6, 6.07) is 6.42. The van der Waals surface area contributed by atoms with Crippen LogP contribution in [0.4, 0.5) is 0 Å². The Morgan fingerprint density at radius 2 is 1.95 bits per heavy atom. The van der Waals surface area contributed by atoms with Gasteiger partial charge in [0.15, 0.2) is 11.5 Å². The number of rotatable bonds is 6. The summed E-state index contributed by atoms with van der Waals surface area (Å²) in [6.07, 6.45) is 3.30. The van der Waals surface area contributed by atoms with E-state index < -0.39 is 0 Å². The second-order valence-electron chi connectivity index (χ2n) is 4.82. The smallest absolute Gasteiger partial charge is 0.162 e. The van der Waals surface area contributed by atoms with Crippen molar-refractivity contribution in [3.63, 3.8) is 0 Å². The molecule has 1 aliphatic heterocycles. The van der Waals surface area contributed by atoms with E-state index in [0.717, 1.165) is 30.8 Å². The standard InChI is InChI=1S/C15H23NO2S/c1-3-5-12(16)15(4-2)19-11-6-7-13-14(10-11)18-9-8-17-13/h6-7,10,12,15H,3-5,8-9,16H2,1-2H3. The summed E-state index contributed by atoms with van der Waals surface area (Å²) in [7, 11) is 0. The molecule has 0 saturated carbocycles. The molecule has 0 radical (unpaired) electrons. The van der Waals surface area contributed by atoms with E-state index in [1.165, 1.54) is 4.90 Å². The first-order chi connectivity index (χ1) is 9.24. The van der Waals surface area contributed by atoms with Crippen LogP contribution < -0.4 is 15.2 Å². The van der Waals surface area contributed by atoms with E-state index in [9.17, 15) is 0 Å². The molecule has 2 unspecified atom stereocenters. The van der Waals surface area contributed by atoms with Crippen LogP contribution in [0, 0.1) is 0 Å². The Kier molecular flexibility index (Phi) is 5.40. The van der Waals surface area contributed by atoms with Gasteiger partial charge in [0.2, 0.25) is 0 Å². The van der Waals surface area contributed by atoms with Crippen LogP contribution in [-0.2, 0) is 0 Å². The highest BCUT2D eigenvalue weighted by Crippen LogP contribution is 2.36. The number of hydrogen-bond donors (Lipinski definition) is 1. The molecule has 19 heavy (non-hydrogen) atoms. The number of ether oxygens (including phenoxy) is 2. The summed E-state index contributed by atoms with van der Waals surface area (Å²) in [5.74, 6) is 1.71. The van der Waals surface area contributed by atoms with Crippen molar-refractivity contribution >= 4 is 11.8 Å². The lowest BCUT2D eigenvalue weighted by Gasteiger charge is -2.23. The predicted molar refractivity (Wildman–Crippen MR) is 80.3 cm³/mol. The molecule has 0 spiro atoms. The Hall–Kier alpha value is -0.870. The van der Waals surface area contributed by atoms with Gasteiger partial charge in [0, 0.05) is 16.2 Å². The van der Waals surface area contributed by atoms with Crippen LogP contribution in [0.2, 0.25) is 0 Å². The van der Waals surface area contributed by atoms with E-state index >= 15 is 0 Å². The minimum absolute atomic E-state index is 0.258. The number of benzene rings is 1. The molecular weight excluding hydrogens is 258 g/mol. The zero-order chi connectivity index (χ0) is 13.7. The number of hydrogen-bond acceptors (Lipinski definition) is 4. The minimum atomic E-state index is 0.258. The molecule has 1 aromatic rings. The van der Waals surface area contributed by atoms with Crippen molar-refractivity contribution in [2.45, 2.75) is 49.3 Å². The molecular formula is C15H23NO2S. The van der Waals surface area contributed by atoms with E-state index in [0.29, 0.717) is 18.5 Å². The van der Waals surface area contributed by atoms with Crippen molar-refractivity contribution in [1.82, 2.24) is 0 Å². The van der Waals surface area contributed by atoms with E-state index in [1.807, 2.05) is 17.8 Å². The maximum atomic E-state index is 6.25. The van der Waals surface area contributed by atoms with Gasteiger partial charge in [-0.15, -0.1) is 11.8 Å². The van der Waals surface area contributed by atoms with Gasteiger partial charge in [-0.1, -0.05) is 20.3 Å². The monoisotopic (exact) mass is 281 g/mol. The van der Waals surface area contributed by atoms with Gasteiger partial charge >= 0.3 is 0 Å². The largest absolute Gasteiger partial charge is 0.486 e. The summed E-state index contributed by atoms with van der Waals surface area (Å²) in [5, 5.41) is 0.461. The van der Waals surface area contributed by atoms with Crippen LogP contribution in [-0.4, -0.2) is 24.5 Å². The molecule has 0 saturated heterocycles. The molecule has 2 N–H and O–H groups in total. The molecule has 1 aliphatic rings. The Labute approximate surface area is 119 Å². The van der Waals surface area contributed by atoms with Crippen molar-refractivity contribution in [2.24, 2.45) is 5.73 Å². The van der Waals surface area contributed by atoms with Crippen molar-refractivity contribution in [2.75, 3.05) is 13.2 Å². The zero-order valence-electron chi connectivity index (χ0n) is 11.7. The molecule has 4 heteroatoms. The van der Waals surface area contributed by atoms with Crippen LogP contribution in [0.5, 0.6) is 11.5 Å². The molecule has 0 aromatic heterocycles. The Balaban J connectivity index is 2.05. The molecule has 1 aromatic carbocycles. The maximum absolute atomic E-state index is 6.25. The lowest BCUT2D eigenvalue weighted by molar-refractivity contribution is 0.171. The van der Waals surface area contributed by atoms with Gasteiger partial charge in [-0.2, -0.15) is 0 Å². The molecule has 0 bridgehead atoms. The zero-order valence-corrected chi connectivity index (χ0v) is 12.5. The second-order valence-corrected chi connectivity index (χ2v) is 6.14. The summed E-state index contributed by atoms with van der Waals surface area (Å²) >= 11 is 1.85. The fourth-order valence-electron chi connectivity index (χ4n) is 2.26. The Morgan fingerprint density at radius 1 is 1.21 bits per heavy atom. The third kappa shape index (κ3) is 3.80. The SMILES string of the molecule is CCCC(N)C(CC)Sc1ccc2c(c1)OCCO2. The summed E-state index contributed by atoms with van der Waals surface area (Å²) in [5.41, 5.74) is 6.25. The third-order valence-electron chi connectivity index (χ3n) is 3.30. The van der Waals surface area contributed by atoms with E-state index in [-0.39, 0.29) is 6.04 Å². The topological polar surface area (TPSA) is 44.5 Å². The highest BCUT2D eigenvalue weighted by atomic mass is 32.2. The highest BCUT2D eigenvalue weighted by molar-refractivity contribution is 8.00. The van der Waals surface area contributed by atoms with E-state index in [4.69, 9.17) is 15.2 Å². The van der Waals surface area contributed by atoms with Gasteiger partial charge in [-0.3, -0.25) is 0 Å². The number of fused-ring (bicyclic) bond motifs is 1. The Morgan fingerprint density at radius 3 is 2.63 bits per heavy atom. The third-order valence-corrected chi connectivity index (χ3v) is 4.81. The van der Waals surface area contributed by atoms with Gasteiger partial charge in [0.05, 0.1) is 0 Å². The van der Waals surface area contributed by atoms with Crippen LogP contribution in [0.1, 0.15) is 33.1 Å². The molecule has 2 rings (SSSR count). The fourth-order valence-corrected chi connectivity index (χ4v) is 3.41. The average molecular weight is 281 g/mol. The van der Waals surface area contributed by atoms with E-state index in [2.05, 4.69) is 26.0 Å². The van der Waals surface area contributed by atoms with Crippen molar-refractivity contribution in [3.8, 4) is 11.5 Å². The van der Waals surface area contributed by atoms with Crippen molar-refractivity contribution in [3.05, 3.63) is 18.2 Å². The number of nitrogens with two attached hydrogens (primary N) is 1. The maximum Gasteiger partial charge on any atom is 0.162 e. The minimum Gasteiger partial charge on any atom is -0.486 e. The first-order valence-electron chi connectivity index (χ1n) is 7.06. The molecule has 2 atom stereocenters. The van der Waals surface area contributed by atoms with Crippen molar-refractivity contribution < 1.29 is 9.47 Å². The van der Waals surface area contributed by atoms with Crippen LogP contribution in [0.25, 0.3) is 0 Å². The van der Waals surface area contributed by atoms with Gasteiger partial charge in [-0.05, 0) is 31.0 Å². The van der Waals surface area contributed by atoms with Crippen LogP contribution >= 0.6 is 11.8 Å². The average Bonchev–Trinajstić information content (AvgIpc) is 2.44. The fraction of sp³-hybridized carbons (Fsp3) is 0.600. The van der Waals surface area contributed by atoms with E-state index in [1.54, 1.807) is 0 Å². The highest BCUT2D eigenvalue weighted by Gasteiger charge is 2.18.